The first kappa shape index (κ1) is 41.3. The number of fused-ring (bicyclic) bond motifs is 1. The van der Waals surface area contributed by atoms with E-state index in [-0.39, 0.29) is 16.5 Å². The highest BCUT2D eigenvalue weighted by molar-refractivity contribution is 7.87. The van der Waals surface area contributed by atoms with Gasteiger partial charge in [0, 0.05) is 11.5 Å². The molecule has 0 saturated carbocycles. The zero-order chi connectivity index (χ0) is 41.3. The molecule has 0 saturated heterocycles. The van der Waals surface area contributed by atoms with Crippen molar-refractivity contribution in [3.05, 3.63) is 89.0 Å². The summed E-state index contributed by atoms with van der Waals surface area (Å²) in [4.78, 5) is 10.1. The molecule has 0 aliphatic rings. The summed E-state index contributed by atoms with van der Waals surface area (Å²) in [6, 6.07) is 14.1. The Balaban J connectivity index is 1.44. The number of methoxy groups -OCH3 is 2. The van der Waals surface area contributed by atoms with Crippen molar-refractivity contribution in [1.82, 2.24) is 0 Å². The molecule has 0 spiro atoms. The van der Waals surface area contributed by atoms with Crippen LogP contribution in [0.2, 0.25) is 0 Å². The number of azo groups is 2. The molecule has 294 valence electrons. The Morgan fingerprint density at radius 2 is 1.05 bits per heavy atom. The van der Waals surface area contributed by atoms with Crippen molar-refractivity contribution in [2.75, 3.05) is 24.9 Å². The fraction of sp³-hybridized carbons (Fsp3) is 0.171. The SMILES string of the molecule is COc1ccc(C)cc1NC(=O)Nc1cc(C)c(N=Nc2cc(C)c(N=Nc3cc4c(S(=O)(=O)O)cc(S(=O)(=O)O)cc4cc3S(=O)(=O)O)cc2C)cc1OC. The lowest BCUT2D eigenvalue weighted by atomic mass is 10.1. The summed E-state index contributed by atoms with van der Waals surface area (Å²) in [7, 11) is -12.3. The third kappa shape index (κ3) is 9.33. The zero-order valence-electron chi connectivity index (χ0n) is 30.4. The smallest absolute Gasteiger partial charge is 0.323 e. The number of anilines is 2. The first-order chi connectivity index (χ1) is 26.1. The first-order valence-electron chi connectivity index (χ1n) is 16.0. The van der Waals surface area contributed by atoms with E-state index in [2.05, 4.69) is 31.1 Å². The van der Waals surface area contributed by atoms with E-state index in [0.717, 1.165) is 23.8 Å². The van der Waals surface area contributed by atoms with Crippen LogP contribution in [0.15, 0.2) is 102 Å². The molecule has 0 fully saturated rings. The highest BCUT2D eigenvalue weighted by Gasteiger charge is 2.25. The van der Waals surface area contributed by atoms with Gasteiger partial charge in [0.2, 0.25) is 0 Å². The minimum absolute atomic E-state index is 0.217. The largest absolute Gasteiger partial charge is 0.495 e. The fourth-order valence-electron chi connectivity index (χ4n) is 5.43. The van der Waals surface area contributed by atoms with E-state index in [9.17, 15) is 43.7 Å². The number of amides is 2. The lowest BCUT2D eigenvalue weighted by Gasteiger charge is -2.15. The van der Waals surface area contributed by atoms with Gasteiger partial charge in [-0.05, 0) is 110 Å². The molecule has 18 nitrogen and oxygen atoms in total. The van der Waals surface area contributed by atoms with Gasteiger partial charge in [-0.15, -0.1) is 5.11 Å². The van der Waals surface area contributed by atoms with Gasteiger partial charge in [0.15, 0.2) is 0 Å². The van der Waals surface area contributed by atoms with Crippen molar-refractivity contribution >= 4 is 81.3 Å². The fourth-order valence-corrected chi connectivity index (χ4v) is 7.42. The van der Waals surface area contributed by atoms with Crippen molar-refractivity contribution in [2.45, 2.75) is 42.4 Å². The Morgan fingerprint density at radius 3 is 1.57 bits per heavy atom. The molecule has 0 heterocycles. The average Bonchev–Trinajstić information content (AvgIpc) is 3.09. The molecule has 56 heavy (non-hydrogen) atoms. The van der Waals surface area contributed by atoms with Crippen molar-refractivity contribution in [1.29, 1.82) is 0 Å². The Kier molecular flexibility index (Phi) is 11.6. The lowest BCUT2D eigenvalue weighted by molar-refractivity contribution is 0.262. The quantitative estimate of drug-likeness (QED) is 0.0621. The summed E-state index contributed by atoms with van der Waals surface area (Å²) in [5.74, 6) is 0.792. The maximum atomic E-state index is 12.9. The number of hydrogen-bond donors (Lipinski definition) is 5. The van der Waals surface area contributed by atoms with E-state index in [1.54, 1.807) is 57.2 Å². The highest BCUT2D eigenvalue weighted by Crippen LogP contribution is 2.38. The normalized spacial score (nSPS) is 12.4. The summed E-state index contributed by atoms with van der Waals surface area (Å²) in [6.45, 7) is 6.99. The Hall–Kier alpha value is -5.84. The molecule has 5 N–H and O–H groups in total. The molecular weight excluding hydrogens is 793 g/mol. The Labute approximate surface area is 321 Å². The highest BCUT2D eigenvalue weighted by atomic mass is 32.2. The molecule has 0 bridgehead atoms. The van der Waals surface area contributed by atoms with Gasteiger partial charge < -0.3 is 20.1 Å². The minimum atomic E-state index is -5.12. The predicted molar refractivity (Wildman–Crippen MR) is 206 cm³/mol. The predicted octanol–water partition coefficient (Wildman–Crippen LogP) is 8.31. The van der Waals surface area contributed by atoms with E-state index >= 15 is 0 Å². The third-order valence-corrected chi connectivity index (χ3v) is 10.8. The number of aryl methyl sites for hydroxylation is 4. The van der Waals surface area contributed by atoms with Crippen molar-refractivity contribution < 1.29 is 53.2 Å². The zero-order valence-corrected chi connectivity index (χ0v) is 32.8. The summed E-state index contributed by atoms with van der Waals surface area (Å²) >= 11 is 0. The van der Waals surface area contributed by atoms with Gasteiger partial charge in [-0.3, -0.25) is 13.7 Å². The maximum Gasteiger partial charge on any atom is 0.323 e. The number of carbonyl (C=O) groups excluding carboxylic acids is 1. The molecule has 0 atom stereocenters. The van der Waals surface area contributed by atoms with Crippen LogP contribution in [0, 0.1) is 27.7 Å². The van der Waals surface area contributed by atoms with E-state index in [1.165, 1.54) is 14.2 Å². The topological polar surface area (TPSA) is 272 Å². The van der Waals surface area contributed by atoms with Crippen molar-refractivity contribution in [3.8, 4) is 11.5 Å². The van der Waals surface area contributed by atoms with Gasteiger partial charge in [-0.1, -0.05) is 6.07 Å². The first-order valence-corrected chi connectivity index (χ1v) is 20.3. The number of nitrogens with zero attached hydrogens (tertiary/aromatic N) is 4. The number of benzene rings is 5. The van der Waals surface area contributed by atoms with Crippen LogP contribution in [-0.2, 0) is 30.4 Å². The van der Waals surface area contributed by atoms with Gasteiger partial charge >= 0.3 is 6.03 Å². The number of carbonyl (C=O) groups is 1. The molecule has 0 aliphatic carbocycles. The molecule has 21 heteroatoms. The second kappa shape index (κ2) is 15.7. The number of ether oxygens (including phenoxy) is 2. The molecule has 0 aliphatic heterocycles. The molecule has 5 aromatic carbocycles. The summed E-state index contributed by atoms with van der Waals surface area (Å²) in [5.41, 5.74) is 3.98. The number of rotatable bonds is 11. The molecule has 5 aromatic rings. The standard InChI is InChI=1S/C35H34N6O12S3/c1-18-7-8-31(52-5)28(9-18)36-35(42)37-29-12-21(4)27(17-32(29)53-6)40-38-25-10-20(3)26(11-19(25)2)39-41-30-16-24-22(14-34(30)56(49,50)51)13-23(54(43,44)45)15-33(24)55(46,47)48/h7-17H,1-6H3,(H2,36,37,42)(H,43,44,45)(H,46,47,48)(H,49,50,51). The van der Waals surface area contributed by atoms with Gasteiger partial charge in [0.1, 0.15) is 27.0 Å². The summed E-state index contributed by atoms with van der Waals surface area (Å²) in [5, 5.41) is 21.6. The number of urea groups is 1. The lowest BCUT2D eigenvalue weighted by Crippen LogP contribution is -2.20. The van der Waals surface area contributed by atoms with Gasteiger partial charge in [-0.25, -0.2) is 4.79 Å². The van der Waals surface area contributed by atoms with Crippen LogP contribution < -0.4 is 20.1 Å². The summed E-state index contributed by atoms with van der Waals surface area (Å²) < 4.78 is 113. The minimum Gasteiger partial charge on any atom is -0.495 e. The van der Waals surface area contributed by atoms with Gasteiger partial charge in [0.05, 0.1) is 47.6 Å². The van der Waals surface area contributed by atoms with Crippen LogP contribution in [0.1, 0.15) is 22.3 Å². The number of hydrogen-bond acceptors (Lipinski definition) is 13. The monoisotopic (exact) mass is 826 g/mol. The van der Waals surface area contributed by atoms with Crippen molar-refractivity contribution in [2.24, 2.45) is 20.5 Å². The van der Waals surface area contributed by atoms with E-state index in [0.29, 0.717) is 57.0 Å². The average molecular weight is 827 g/mol. The maximum absolute atomic E-state index is 12.9. The van der Waals surface area contributed by atoms with E-state index < -0.39 is 56.8 Å². The van der Waals surface area contributed by atoms with Gasteiger partial charge in [0.25, 0.3) is 30.4 Å². The van der Waals surface area contributed by atoms with Crippen LogP contribution in [0.4, 0.5) is 38.9 Å². The molecule has 0 unspecified atom stereocenters. The second-order valence-corrected chi connectivity index (χ2v) is 16.5. The van der Waals surface area contributed by atoms with Gasteiger partial charge in [-0.2, -0.15) is 40.6 Å². The molecule has 0 radical (unpaired) electrons. The Morgan fingerprint density at radius 1 is 0.554 bits per heavy atom. The molecular formula is C35H34N6O12S3. The molecule has 0 aromatic heterocycles. The van der Waals surface area contributed by atoms with Crippen LogP contribution >= 0.6 is 0 Å². The van der Waals surface area contributed by atoms with Crippen LogP contribution in [0.3, 0.4) is 0 Å². The number of nitrogens with one attached hydrogen (secondary N) is 2. The van der Waals surface area contributed by atoms with Crippen LogP contribution in [-0.4, -0.2) is 59.2 Å². The van der Waals surface area contributed by atoms with Crippen LogP contribution in [0.25, 0.3) is 10.8 Å². The molecule has 5 rings (SSSR count). The van der Waals surface area contributed by atoms with Crippen LogP contribution in [0.5, 0.6) is 11.5 Å². The third-order valence-electron chi connectivity index (χ3n) is 8.24. The summed E-state index contributed by atoms with van der Waals surface area (Å²) in [6.07, 6.45) is 0. The van der Waals surface area contributed by atoms with E-state index in [4.69, 9.17) is 9.47 Å². The molecule has 2 amide bonds. The van der Waals surface area contributed by atoms with E-state index in [1.807, 2.05) is 13.0 Å². The van der Waals surface area contributed by atoms with Crippen molar-refractivity contribution in [3.63, 3.8) is 0 Å². The second-order valence-electron chi connectivity index (χ2n) is 12.3. The Bertz CT molecular complexity index is 2830.